The van der Waals surface area contributed by atoms with Crippen LogP contribution >= 0.6 is 0 Å². The predicted molar refractivity (Wildman–Crippen MR) is 89.2 cm³/mol. The molecule has 5 nitrogen and oxygen atoms in total. The minimum atomic E-state index is -0.167. The molecular formula is C17H24N4O. The highest BCUT2D eigenvalue weighted by molar-refractivity contribution is 5.90. The summed E-state index contributed by atoms with van der Waals surface area (Å²) < 4.78 is 1.88. The lowest BCUT2D eigenvalue weighted by Gasteiger charge is -2.11. The fourth-order valence-corrected chi connectivity index (χ4v) is 2.60. The van der Waals surface area contributed by atoms with Gasteiger partial charge >= 0.3 is 6.03 Å². The minimum absolute atomic E-state index is 0.167. The second-order valence-corrected chi connectivity index (χ2v) is 5.41. The van der Waals surface area contributed by atoms with Crippen LogP contribution in [0.25, 0.3) is 0 Å². The summed E-state index contributed by atoms with van der Waals surface area (Å²) in [7, 11) is 1.94. The molecule has 22 heavy (non-hydrogen) atoms. The summed E-state index contributed by atoms with van der Waals surface area (Å²) in [6, 6.07) is 7.69. The Kier molecular flexibility index (Phi) is 5.20. The fourth-order valence-electron chi connectivity index (χ4n) is 2.60. The summed E-state index contributed by atoms with van der Waals surface area (Å²) >= 11 is 0. The molecular weight excluding hydrogens is 276 g/mol. The van der Waals surface area contributed by atoms with E-state index in [1.165, 1.54) is 5.56 Å². The van der Waals surface area contributed by atoms with E-state index >= 15 is 0 Å². The summed E-state index contributed by atoms with van der Waals surface area (Å²) in [5, 5.41) is 10.2. The molecule has 2 N–H and O–H groups in total. The van der Waals surface area contributed by atoms with E-state index in [4.69, 9.17) is 0 Å². The van der Waals surface area contributed by atoms with Crippen LogP contribution in [0.4, 0.5) is 10.5 Å². The molecule has 1 aromatic heterocycles. The zero-order valence-corrected chi connectivity index (χ0v) is 13.7. The number of amides is 2. The van der Waals surface area contributed by atoms with Crippen molar-refractivity contribution in [2.75, 3.05) is 11.9 Å². The highest BCUT2D eigenvalue weighted by Crippen LogP contribution is 2.15. The summed E-state index contributed by atoms with van der Waals surface area (Å²) in [6.45, 7) is 6.71. The van der Waals surface area contributed by atoms with Gasteiger partial charge in [-0.3, -0.25) is 4.68 Å². The molecule has 2 rings (SSSR count). The molecule has 0 radical (unpaired) electrons. The maximum Gasteiger partial charge on any atom is 0.319 e. The van der Waals surface area contributed by atoms with Crippen LogP contribution < -0.4 is 10.6 Å². The van der Waals surface area contributed by atoms with E-state index < -0.39 is 0 Å². The number of para-hydroxylation sites is 1. The van der Waals surface area contributed by atoms with Gasteiger partial charge in [0.15, 0.2) is 0 Å². The van der Waals surface area contributed by atoms with Gasteiger partial charge in [0.2, 0.25) is 0 Å². The molecule has 0 bridgehead atoms. The second-order valence-electron chi connectivity index (χ2n) is 5.41. The van der Waals surface area contributed by atoms with Crippen LogP contribution in [0.5, 0.6) is 0 Å². The molecule has 2 amide bonds. The van der Waals surface area contributed by atoms with Gasteiger partial charge in [0.25, 0.3) is 0 Å². The maximum absolute atomic E-state index is 12.0. The largest absolute Gasteiger partial charge is 0.338 e. The van der Waals surface area contributed by atoms with Gasteiger partial charge in [0, 0.05) is 25.0 Å². The molecule has 0 saturated heterocycles. The number of carbonyl (C=O) groups is 1. The Labute approximate surface area is 131 Å². The van der Waals surface area contributed by atoms with E-state index in [-0.39, 0.29) is 6.03 Å². The van der Waals surface area contributed by atoms with Crippen molar-refractivity contribution in [3.05, 3.63) is 46.8 Å². The third-order valence-corrected chi connectivity index (χ3v) is 3.97. The van der Waals surface area contributed by atoms with Crippen molar-refractivity contribution in [2.45, 2.75) is 33.6 Å². The summed E-state index contributed by atoms with van der Waals surface area (Å²) in [5.41, 5.74) is 5.39. The molecule has 0 aliphatic heterocycles. The van der Waals surface area contributed by atoms with Crippen molar-refractivity contribution in [3.8, 4) is 0 Å². The van der Waals surface area contributed by atoms with Crippen molar-refractivity contribution in [2.24, 2.45) is 7.05 Å². The first-order valence-electron chi connectivity index (χ1n) is 7.64. The standard InChI is InChI=1S/C17H24N4O/c1-5-14-8-6-7-9-16(14)19-17(22)18-11-10-15-12(2)20-21(4)13(15)3/h6-9H,5,10-11H2,1-4H3,(H2,18,19,22). The Morgan fingerprint density at radius 1 is 1.27 bits per heavy atom. The quantitative estimate of drug-likeness (QED) is 0.892. The number of hydrogen-bond donors (Lipinski definition) is 2. The highest BCUT2D eigenvalue weighted by atomic mass is 16.2. The molecule has 0 spiro atoms. The first kappa shape index (κ1) is 16.1. The van der Waals surface area contributed by atoms with Crippen LogP contribution in [0.1, 0.15) is 29.4 Å². The number of urea groups is 1. The average Bonchev–Trinajstić information content (AvgIpc) is 2.74. The van der Waals surface area contributed by atoms with Crippen molar-refractivity contribution in [3.63, 3.8) is 0 Å². The molecule has 0 aliphatic carbocycles. The fraction of sp³-hybridized carbons (Fsp3) is 0.412. The molecule has 0 saturated carbocycles. The topological polar surface area (TPSA) is 59.0 Å². The minimum Gasteiger partial charge on any atom is -0.338 e. The number of rotatable bonds is 5. The number of anilines is 1. The zero-order chi connectivity index (χ0) is 16.1. The number of carbonyl (C=O) groups excluding carboxylic acids is 1. The molecule has 0 atom stereocenters. The van der Waals surface area contributed by atoms with Gasteiger partial charge in [-0.25, -0.2) is 4.79 Å². The lowest BCUT2D eigenvalue weighted by atomic mass is 10.1. The Morgan fingerprint density at radius 3 is 2.64 bits per heavy atom. The molecule has 0 unspecified atom stereocenters. The number of nitrogens with one attached hydrogen (secondary N) is 2. The average molecular weight is 300 g/mol. The van der Waals surface area contributed by atoms with Crippen LogP contribution in [0, 0.1) is 13.8 Å². The normalized spacial score (nSPS) is 10.5. The Balaban J connectivity index is 1.88. The third kappa shape index (κ3) is 3.67. The second kappa shape index (κ2) is 7.11. The smallest absolute Gasteiger partial charge is 0.319 e. The Bertz CT molecular complexity index is 661. The van der Waals surface area contributed by atoms with Crippen molar-refractivity contribution in [1.82, 2.24) is 15.1 Å². The van der Waals surface area contributed by atoms with E-state index in [0.29, 0.717) is 6.54 Å². The van der Waals surface area contributed by atoms with Crippen molar-refractivity contribution >= 4 is 11.7 Å². The van der Waals surface area contributed by atoms with E-state index in [1.54, 1.807) is 0 Å². The molecule has 5 heteroatoms. The number of nitrogens with zero attached hydrogens (tertiary/aromatic N) is 2. The van der Waals surface area contributed by atoms with Crippen LogP contribution in [0.2, 0.25) is 0 Å². The summed E-state index contributed by atoms with van der Waals surface area (Å²) in [6.07, 6.45) is 1.68. The number of hydrogen-bond acceptors (Lipinski definition) is 2. The molecule has 2 aromatic rings. The monoisotopic (exact) mass is 300 g/mol. The van der Waals surface area contributed by atoms with E-state index in [2.05, 4.69) is 22.7 Å². The molecule has 0 aliphatic rings. The summed E-state index contributed by atoms with van der Waals surface area (Å²) in [5.74, 6) is 0. The number of aromatic nitrogens is 2. The van der Waals surface area contributed by atoms with Crippen LogP contribution in [0.3, 0.4) is 0 Å². The van der Waals surface area contributed by atoms with Gasteiger partial charge < -0.3 is 10.6 Å². The Hall–Kier alpha value is -2.30. The molecule has 1 aromatic carbocycles. The van der Waals surface area contributed by atoms with E-state index in [0.717, 1.165) is 35.5 Å². The zero-order valence-electron chi connectivity index (χ0n) is 13.7. The van der Waals surface area contributed by atoms with Gasteiger partial charge in [0.05, 0.1) is 5.69 Å². The molecule has 0 fully saturated rings. The number of aryl methyl sites for hydroxylation is 3. The first-order chi connectivity index (χ1) is 10.5. The predicted octanol–water partition coefficient (Wildman–Crippen LogP) is 2.96. The SMILES string of the molecule is CCc1ccccc1NC(=O)NCCc1c(C)nn(C)c1C. The van der Waals surface area contributed by atoms with E-state index in [9.17, 15) is 4.79 Å². The van der Waals surface area contributed by atoms with Crippen molar-refractivity contribution < 1.29 is 4.79 Å². The lowest BCUT2D eigenvalue weighted by molar-refractivity contribution is 0.252. The molecule has 1 heterocycles. The van der Waals surface area contributed by atoms with Crippen molar-refractivity contribution in [1.29, 1.82) is 0 Å². The van der Waals surface area contributed by atoms with Gasteiger partial charge in [-0.05, 0) is 43.9 Å². The van der Waals surface area contributed by atoms with Gasteiger partial charge in [-0.2, -0.15) is 5.10 Å². The van der Waals surface area contributed by atoms with Crippen LogP contribution in [-0.2, 0) is 19.9 Å². The highest BCUT2D eigenvalue weighted by Gasteiger charge is 2.10. The van der Waals surface area contributed by atoms with Gasteiger partial charge in [0.1, 0.15) is 0 Å². The maximum atomic E-state index is 12.0. The number of benzene rings is 1. The first-order valence-corrected chi connectivity index (χ1v) is 7.64. The molecule has 118 valence electrons. The lowest BCUT2D eigenvalue weighted by Crippen LogP contribution is -2.31. The third-order valence-electron chi connectivity index (χ3n) is 3.97. The van der Waals surface area contributed by atoms with Crippen LogP contribution in [0.15, 0.2) is 24.3 Å². The van der Waals surface area contributed by atoms with Gasteiger partial charge in [-0.1, -0.05) is 25.1 Å². The Morgan fingerprint density at radius 2 is 2.00 bits per heavy atom. The van der Waals surface area contributed by atoms with E-state index in [1.807, 2.05) is 49.8 Å². The van der Waals surface area contributed by atoms with Crippen LogP contribution in [-0.4, -0.2) is 22.4 Å². The summed E-state index contributed by atoms with van der Waals surface area (Å²) in [4.78, 5) is 12.0. The van der Waals surface area contributed by atoms with Gasteiger partial charge in [-0.15, -0.1) is 0 Å².